The van der Waals surface area contributed by atoms with Gasteiger partial charge >= 0.3 is 19.4 Å². The van der Waals surface area contributed by atoms with Crippen LogP contribution in [0, 0.1) is 0 Å². The van der Waals surface area contributed by atoms with Gasteiger partial charge in [-0.15, -0.1) is 0 Å². The first-order valence-electron chi connectivity index (χ1n) is 19.5. The van der Waals surface area contributed by atoms with Gasteiger partial charge in [0.15, 0.2) is 0 Å². The second-order valence-electron chi connectivity index (χ2n) is 14.5. The third kappa shape index (κ3) is 14.3. The summed E-state index contributed by atoms with van der Waals surface area (Å²) in [6, 6.07) is 18.8. The predicted octanol–water partition coefficient (Wildman–Crippen LogP) is 5.06. The van der Waals surface area contributed by atoms with Gasteiger partial charge in [-0.05, 0) is 66.1 Å². The summed E-state index contributed by atoms with van der Waals surface area (Å²) in [5.41, 5.74) is 1.29. The largest absolute Gasteiger partial charge is 0.416 e. The van der Waals surface area contributed by atoms with Crippen LogP contribution in [0.25, 0.3) is 0 Å². The Morgan fingerprint density at radius 3 is 1.77 bits per heavy atom. The SMILES string of the molecule is CCc1ccc(C(=O)NCCCCC(NC(=O)C(Cc2ccc(C(F)(F)P(=O)(O)O)cc2)NC(=O)C(Cc2ccccc2)NC(=O)Cc2cccc(C(F)(F)F)c2)C(N)=O)cc1. The topological polar surface area (TPSA) is 217 Å². The molecule has 0 radical (unpaired) electrons. The van der Waals surface area contributed by atoms with E-state index in [9.17, 15) is 50.5 Å². The number of halogens is 5. The van der Waals surface area contributed by atoms with E-state index in [0.717, 1.165) is 54.4 Å². The van der Waals surface area contributed by atoms with Crippen molar-refractivity contribution >= 4 is 37.1 Å². The molecule has 19 heteroatoms. The molecule has 3 unspecified atom stereocenters. The van der Waals surface area contributed by atoms with Gasteiger partial charge in [0.1, 0.15) is 18.1 Å². The molecule has 332 valence electrons. The summed E-state index contributed by atoms with van der Waals surface area (Å²) in [5.74, 6) is -3.96. The van der Waals surface area contributed by atoms with Crippen molar-refractivity contribution in [2.24, 2.45) is 5.73 Å². The van der Waals surface area contributed by atoms with Crippen LogP contribution in [0.3, 0.4) is 0 Å². The molecule has 8 N–H and O–H groups in total. The molecule has 4 rings (SSSR count). The molecule has 0 aliphatic heterocycles. The summed E-state index contributed by atoms with van der Waals surface area (Å²) in [5, 5.41) is 10.3. The number of rotatable bonds is 21. The second kappa shape index (κ2) is 21.7. The Labute approximate surface area is 354 Å². The van der Waals surface area contributed by atoms with Gasteiger partial charge in [-0.3, -0.25) is 28.5 Å². The van der Waals surface area contributed by atoms with Crippen LogP contribution in [0.2, 0.25) is 0 Å². The molecule has 0 saturated heterocycles. The maximum atomic E-state index is 14.4. The maximum Gasteiger partial charge on any atom is 0.416 e. The minimum Gasteiger partial charge on any atom is -0.368 e. The third-order valence-corrected chi connectivity index (χ3v) is 10.8. The summed E-state index contributed by atoms with van der Waals surface area (Å²) < 4.78 is 80.3. The quantitative estimate of drug-likeness (QED) is 0.0340. The zero-order valence-electron chi connectivity index (χ0n) is 33.5. The van der Waals surface area contributed by atoms with Gasteiger partial charge in [0.2, 0.25) is 23.6 Å². The zero-order valence-corrected chi connectivity index (χ0v) is 34.4. The number of carbonyl (C=O) groups is 5. The Kier molecular flexibility index (Phi) is 17.0. The van der Waals surface area contributed by atoms with E-state index in [2.05, 4.69) is 21.3 Å². The van der Waals surface area contributed by atoms with Crippen molar-refractivity contribution in [2.75, 3.05) is 6.54 Å². The zero-order chi connectivity index (χ0) is 45.7. The van der Waals surface area contributed by atoms with Crippen molar-refractivity contribution in [2.45, 2.75) is 81.8 Å². The number of amides is 5. The van der Waals surface area contributed by atoms with E-state index in [1.165, 1.54) is 6.07 Å². The number of aryl methyl sites for hydroxylation is 1. The monoisotopic (exact) mass is 887 g/mol. The molecule has 0 saturated carbocycles. The van der Waals surface area contributed by atoms with Gasteiger partial charge in [0.25, 0.3) is 5.91 Å². The van der Waals surface area contributed by atoms with Crippen LogP contribution in [0.15, 0.2) is 103 Å². The van der Waals surface area contributed by atoms with Crippen LogP contribution >= 0.6 is 7.60 Å². The van der Waals surface area contributed by atoms with E-state index in [1.807, 2.05) is 19.1 Å². The maximum absolute atomic E-state index is 14.4. The highest BCUT2D eigenvalue weighted by Gasteiger charge is 2.50. The number of nitrogens with two attached hydrogens (primary N) is 1. The smallest absolute Gasteiger partial charge is 0.368 e. The first-order chi connectivity index (χ1) is 29.2. The Balaban J connectivity index is 1.53. The molecule has 0 aliphatic rings. The van der Waals surface area contributed by atoms with Crippen molar-refractivity contribution < 1.29 is 60.3 Å². The van der Waals surface area contributed by atoms with E-state index in [4.69, 9.17) is 15.5 Å². The van der Waals surface area contributed by atoms with Crippen LogP contribution in [-0.2, 0) is 61.3 Å². The number of hydrogen-bond donors (Lipinski definition) is 7. The lowest BCUT2D eigenvalue weighted by Crippen LogP contribution is -2.57. The van der Waals surface area contributed by atoms with Crippen LogP contribution in [0.5, 0.6) is 0 Å². The van der Waals surface area contributed by atoms with E-state index in [-0.39, 0.29) is 36.4 Å². The van der Waals surface area contributed by atoms with Crippen molar-refractivity contribution in [3.8, 4) is 0 Å². The number of hydrogen-bond acceptors (Lipinski definition) is 6. The van der Waals surface area contributed by atoms with Crippen molar-refractivity contribution in [1.82, 2.24) is 21.3 Å². The number of benzene rings is 4. The molecule has 0 heterocycles. The first kappa shape index (κ1) is 48.7. The number of carbonyl (C=O) groups excluding carboxylic acids is 5. The van der Waals surface area contributed by atoms with Crippen molar-refractivity contribution in [3.63, 3.8) is 0 Å². The summed E-state index contributed by atoms with van der Waals surface area (Å²) in [4.78, 5) is 84.6. The van der Waals surface area contributed by atoms with Crippen molar-refractivity contribution in [1.29, 1.82) is 0 Å². The fraction of sp³-hybridized carbons (Fsp3) is 0.326. The number of primary amides is 1. The van der Waals surface area contributed by atoms with E-state index in [1.54, 1.807) is 42.5 Å². The molecule has 13 nitrogen and oxygen atoms in total. The van der Waals surface area contributed by atoms with E-state index < -0.39 is 85.2 Å². The lowest BCUT2D eigenvalue weighted by atomic mass is 10.0. The standard InChI is InChI=1S/C43H47F5N5O8P/c1-2-27-14-18-31(19-15-27)39(56)50-22-7-6-13-34(38(49)55)52-41(58)36(25-29-16-20-32(21-17-29)43(47,48)62(59,60)61)53-40(57)35(24-28-9-4-3-5-10-28)51-37(54)26-30-11-8-12-33(23-30)42(44,45)46/h3-5,8-12,14-21,23,34-36H,2,6-7,13,22,24-26H2,1H3,(H2,49,55)(H,50,56)(H,51,54)(H,52,58)(H,53,57)(H2,59,60,61). The highest BCUT2D eigenvalue weighted by atomic mass is 31.2. The average molecular weight is 888 g/mol. The lowest BCUT2D eigenvalue weighted by molar-refractivity contribution is -0.137. The van der Waals surface area contributed by atoms with Crippen LogP contribution in [-0.4, -0.2) is 64.0 Å². The van der Waals surface area contributed by atoms with Gasteiger partial charge < -0.3 is 36.8 Å². The van der Waals surface area contributed by atoms with E-state index in [0.29, 0.717) is 24.0 Å². The van der Waals surface area contributed by atoms with Gasteiger partial charge in [0, 0.05) is 30.5 Å². The second-order valence-corrected chi connectivity index (χ2v) is 16.1. The Morgan fingerprint density at radius 2 is 1.21 bits per heavy atom. The van der Waals surface area contributed by atoms with Crippen molar-refractivity contribution in [3.05, 3.63) is 142 Å². The summed E-state index contributed by atoms with van der Waals surface area (Å²) in [6.45, 7) is 2.21. The van der Waals surface area contributed by atoms with Crippen LogP contribution in [0.4, 0.5) is 22.0 Å². The lowest BCUT2D eigenvalue weighted by Gasteiger charge is -2.25. The van der Waals surface area contributed by atoms with Gasteiger partial charge in [-0.25, -0.2) is 0 Å². The van der Waals surface area contributed by atoms with Gasteiger partial charge in [-0.1, -0.05) is 91.9 Å². The Hall–Kier alpha value is -5.97. The minimum absolute atomic E-state index is 0.00259. The molecular formula is C43H47F5N5O8P. The summed E-state index contributed by atoms with van der Waals surface area (Å²) in [6.07, 6.45) is -4.29. The Bertz CT molecular complexity index is 2220. The highest BCUT2D eigenvalue weighted by Crippen LogP contribution is 2.59. The normalized spacial score (nSPS) is 13.3. The molecular weight excluding hydrogens is 840 g/mol. The molecule has 0 spiro atoms. The highest BCUT2D eigenvalue weighted by molar-refractivity contribution is 7.52. The molecule has 0 aliphatic carbocycles. The molecule has 3 atom stereocenters. The molecule has 4 aromatic carbocycles. The molecule has 4 aromatic rings. The molecule has 62 heavy (non-hydrogen) atoms. The number of nitrogens with one attached hydrogen (secondary N) is 4. The fourth-order valence-electron chi connectivity index (χ4n) is 6.30. The number of alkyl halides is 5. The van der Waals surface area contributed by atoms with Crippen LogP contribution < -0.4 is 27.0 Å². The summed E-state index contributed by atoms with van der Waals surface area (Å²) >= 11 is 0. The molecule has 5 amide bonds. The Morgan fingerprint density at radius 1 is 0.661 bits per heavy atom. The predicted molar refractivity (Wildman–Crippen MR) is 218 cm³/mol. The average Bonchev–Trinajstić information content (AvgIpc) is 3.22. The van der Waals surface area contributed by atoms with Gasteiger partial charge in [0.05, 0.1) is 12.0 Å². The van der Waals surface area contributed by atoms with Gasteiger partial charge in [-0.2, -0.15) is 22.0 Å². The first-order valence-corrected chi connectivity index (χ1v) is 21.1. The molecule has 0 bridgehead atoms. The molecule has 0 fully saturated rings. The van der Waals surface area contributed by atoms with Crippen LogP contribution in [0.1, 0.15) is 69.9 Å². The summed E-state index contributed by atoms with van der Waals surface area (Å²) in [7, 11) is -5.92. The third-order valence-electron chi connectivity index (χ3n) is 9.78. The number of unbranched alkanes of at least 4 members (excludes halogenated alkanes) is 1. The van der Waals surface area contributed by atoms with E-state index >= 15 is 0 Å². The fourth-order valence-corrected chi connectivity index (χ4v) is 6.79. The molecule has 0 aromatic heterocycles. The minimum atomic E-state index is -5.92.